The fourth-order valence-electron chi connectivity index (χ4n) is 7.21. The first-order chi connectivity index (χ1) is 24.3. The first kappa shape index (κ1) is 27.5. The third-order valence-corrected chi connectivity index (χ3v) is 9.64. The summed E-state index contributed by atoms with van der Waals surface area (Å²) in [6.45, 7) is 0. The summed E-state index contributed by atoms with van der Waals surface area (Å²) < 4.78 is 13.3. The van der Waals surface area contributed by atoms with Gasteiger partial charge in [0.1, 0.15) is 16.7 Å². The second-order valence-corrected chi connectivity index (χ2v) is 12.6. The van der Waals surface area contributed by atoms with E-state index in [0.717, 1.165) is 66.5 Å². The molecule has 10 aromatic rings. The Kier molecular flexibility index (Phi) is 6.18. The average molecular weight is 628 g/mol. The lowest BCUT2D eigenvalue weighted by molar-refractivity contribution is 0.664. The predicted octanol–water partition coefficient (Wildman–Crippen LogP) is 13.4. The van der Waals surface area contributed by atoms with Crippen molar-refractivity contribution < 1.29 is 8.83 Å². The quantitative estimate of drug-likeness (QED) is 0.190. The molecule has 49 heavy (non-hydrogen) atoms. The first-order valence-corrected chi connectivity index (χ1v) is 16.6. The maximum Gasteiger partial charge on any atom is 0.159 e. The van der Waals surface area contributed by atoms with Gasteiger partial charge < -0.3 is 13.7 Å². The van der Waals surface area contributed by atoms with Crippen LogP contribution in [0.15, 0.2) is 185 Å². The molecular formula is C46H29NO2. The highest BCUT2D eigenvalue weighted by Crippen LogP contribution is 2.44. The molecule has 0 unspecified atom stereocenters. The lowest BCUT2D eigenvalue weighted by Crippen LogP contribution is -2.10. The van der Waals surface area contributed by atoms with Crippen molar-refractivity contribution in [2.75, 3.05) is 4.90 Å². The Morgan fingerprint density at radius 2 is 0.918 bits per heavy atom. The van der Waals surface area contributed by atoms with Gasteiger partial charge >= 0.3 is 0 Å². The number of fused-ring (bicyclic) bond motifs is 7. The van der Waals surface area contributed by atoms with Crippen LogP contribution in [0.1, 0.15) is 0 Å². The summed E-state index contributed by atoms with van der Waals surface area (Å²) in [7, 11) is 0. The van der Waals surface area contributed by atoms with Crippen molar-refractivity contribution in [3.63, 3.8) is 0 Å². The van der Waals surface area contributed by atoms with E-state index in [-0.39, 0.29) is 0 Å². The van der Waals surface area contributed by atoms with Crippen LogP contribution >= 0.6 is 0 Å². The molecular weight excluding hydrogens is 599 g/mol. The first-order valence-electron chi connectivity index (χ1n) is 16.6. The molecule has 0 saturated heterocycles. The van der Waals surface area contributed by atoms with Gasteiger partial charge in [0.05, 0.1) is 5.69 Å². The summed E-state index contributed by atoms with van der Waals surface area (Å²) in [5.74, 6) is 0. The van der Waals surface area contributed by atoms with Gasteiger partial charge in [0.15, 0.2) is 5.58 Å². The van der Waals surface area contributed by atoms with Crippen LogP contribution in [-0.4, -0.2) is 0 Å². The van der Waals surface area contributed by atoms with Gasteiger partial charge in [-0.3, -0.25) is 0 Å². The minimum Gasteiger partial charge on any atom is -0.456 e. The lowest BCUT2D eigenvalue weighted by Gasteiger charge is -2.26. The molecule has 2 heterocycles. The topological polar surface area (TPSA) is 29.5 Å². The van der Waals surface area contributed by atoms with Gasteiger partial charge in [-0.25, -0.2) is 0 Å². The second kappa shape index (κ2) is 11.0. The molecule has 0 aliphatic rings. The number of para-hydroxylation sites is 1. The highest BCUT2D eigenvalue weighted by atomic mass is 16.3. The summed E-state index contributed by atoms with van der Waals surface area (Å²) in [5, 5.41) is 6.60. The van der Waals surface area contributed by atoms with Crippen molar-refractivity contribution >= 4 is 71.7 Å². The lowest BCUT2D eigenvalue weighted by atomic mass is 10.0. The summed E-state index contributed by atoms with van der Waals surface area (Å²) in [5.41, 5.74) is 11.2. The molecule has 0 N–H and O–H groups in total. The molecule has 8 aromatic carbocycles. The molecule has 0 radical (unpaired) electrons. The van der Waals surface area contributed by atoms with Crippen LogP contribution in [0.25, 0.3) is 76.9 Å². The van der Waals surface area contributed by atoms with E-state index in [1.165, 1.54) is 27.5 Å². The summed E-state index contributed by atoms with van der Waals surface area (Å²) in [4.78, 5) is 2.30. The Hall–Kier alpha value is -6.58. The Morgan fingerprint density at radius 3 is 1.69 bits per heavy atom. The number of benzene rings is 8. The molecule has 0 spiro atoms. The third-order valence-electron chi connectivity index (χ3n) is 9.64. The fraction of sp³-hybridized carbons (Fsp3) is 0. The molecule has 3 heteroatoms. The Balaban J connectivity index is 1.15. The second-order valence-electron chi connectivity index (χ2n) is 12.6. The molecule has 0 amide bonds. The van der Waals surface area contributed by atoms with Gasteiger partial charge in [-0.15, -0.1) is 0 Å². The van der Waals surface area contributed by atoms with Crippen LogP contribution < -0.4 is 4.90 Å². The van der Waals surface area contributed by atoms with Crippen molar-refractivity contribution in [1.82, 2.24) is 0 Å². The minimum absolute atomic E-state index is 0.834. The highest BCUT2D eigenvalue weighted by molar-refractivity contribution is 6.17. The third kappa shape index (κ3) is 4.59. The van der Waals surface area contributed by atoms with Crippen molar-refractivity contribution in [1.29, 1.82) is 0 Å². The molecule has 2 aromatic heterocycles. The number of hydrogen-bond donors (Lipinski definition) is 0. The SMILES string of the molecule is c1ccc(-c2ccc(N(c3ccc4ccccc4c3)c3cccc4c3oc3cc5c(cc34)oc3cc(-c4ccccc4)ccc35)cc2)cc1. The van der Waals surface area contributed by atoms with Gasteiger partial charge in [-0.1, -0.05) is 121 Å². The zero-order valence-electron chi connectivity index (χ0n) is 26.5. The van der Waals surface area contributed by atoms with Crippen LogP contribution in [0, 0.1) is 0 Å². The smallest absolute Gasteiger partial charge is 0.159 e. The van der Waals surface area contributed by atoms with E-state index in [4.69, 9.17) is 8.83 Å². The van der Waals surface area contributed by atoms with Crippen molar-refractivity contribution in [3.05, 3.63) is 176 Å². The summed E-state index contributed by atoms with van der Waals surface area (Å²) >= 11 is 0. The molecule has 230 valence electrons. The molecule has 0 saturated carbocycles. The standard InChI is InChI=1S/C46H29NO2/c1-3-10-30(11-4-1)33-18-22-36(23-19-33)47(37-24-20-32-14-7-8-15-34(32)26-37)42-17-9-16-39-41-29-44-40(28-45(41)49-46(39)42)38-25-21-35(27-43(38)48-44)31-12-5-2-6-13-31/h1-29H. The monoisotopic (exact) mass is 627 g/mol. The number of nitrogens with zero attached hydrogens (tertiary/aromatic N) is 1. The maximum absolute atomic E-state index is 6.82. The number of hydrogen-bond acceptors (Lipinski definition) is 3. The molecule has 0 bridgehead atoms. The minimum atomic E-state index is 0.834. The number of rotatable bonds is 5. The molecule has 0 fully saturated rings. The normalized spacial score (nSPS) is 11.7. The van der Waals surface area contributed by atoms with E-state index in [1.807, 2.05) is 6.07 Å². The van der Waals surface area contributed by atoms with E-state index in [2.05, 4.69) is 175 Å². The zero-order valence-corrected chi connectivity index (χ0v) is 26.5. The average Bonchev–Trinajstić information content (AvgIpc) is 3.72. The van der Waals surface area contributed by atoms with Crippen LogP contribution in [-0.2, 0) is 0 Å². The van der Waals surface area contributed by atoms with Crippen molar-refractivity contribution in [2.45, 2.75) is 0 Å². The van der Waals surface area contributed by atoms with E-state index in [1.54, 1.807) is 0 Å². The van der Waals surface area contributed by atoms with Gasteiger partial charge in [0.2, 0.25) is 0 Å². The molecule has 0 atom stereocenters. The van der Waals surface area contributed by atoms with Crippen LogP contribution in [0.2, 0.25) is 0 Å². The van der Waals surface area contributed by atoms with Crippen molar-refractivity contribution in [3.8, 4) is 22.3 Å². The van der Waals surface area contributed by atoms with E-state index in [9.17, 15) is 0 Å². The van der Waals surface area contributed by atoms with Gasteiger partial charge in [0, 0.05) is 32.9 Å². The van der Waals surface area contributed by atoms with Gasteiger partial charge in [-0.05, 0) is 87.6 Å². The van der Waals surface area contributed by atoms with E-state index in [0.29, 0.717) is 0 Å². The Morgan fingerprint density at radius 1 is 0.327 bits per heavy atom. The largest absolute Gasteiger partial charge is 0.456 e. The zero-order chi connectivity index (χ0) is 32.3. The predicted molar refractivity (Wildman–Crippen MR) is 204 cm³/mol. The molecule has 0 aliphatic heterocycles. The van der Waals surface area contributed by atoms with E-state index >= 15 is 0 Å². The summed E-state index contributed by atoms with van der Waals surface area (Å²) in [6.07, 6.45) is 0. The molecule has 0 aliphatic carbocycles. The van der Waals surface area contributed by atoms with Crippen molar-refractivity contribution in [2.24, 2.45) is 0 Å². The molecule has 10 rings (SSSR count). The summed E-state index contributed by atoms with van der Waals surface area (Å²) in [6, 6.07) is 62.0. The van der Waals surface area contributed by atoms with Crippen LogP contribution in [0.5, 0.6) is 0 Å². The van der Waals surface area contributed by atoms with Gasteiger partial charge in [-0.2, -0.15) is 0 Å². The van der Waals surface area contributed by atoms with Crippen LogP contribution in [0.3, 0.4) is 0 Å². The number of anilines is 3. The fourth-order valence-corrected chi connectivity index (χ4v) is 7.21. The Bertz CT molecular complexity index is 2810. The maximum atomic E-state index is 6.82. The highest BCUT2D eigenvalue weighted by Gasteiger charge is 2.21. The van der Waals surface area contributed by atoms with Crippen LogP contribution in [0.4, 0.5) is 17.1 Å². The van der Waals surface area contributed by atoms with E-state index < -0.39 is 0 Å². The molecule has 3 nitrogen and oxygen atoms in total. The number of furan rings is 2. The Labute approximate surface area is 282 Å². The van der Waals surface area contributed by atoms with Gasteiger partial charge in [0.25, 0.3) is 0 Å².